The number of para-hydroxylation sites is 1. The van der Waals surface area contributed by atoms with Crippen LogP contribution in [0, 0.1) is 5.92 Å². The molecular formula is C18H29N3O2. The monoisotopic (exact) mass is 319 g/mol. The molecule has 23 heavy (non-hydrogen) atoms. The molecule has 0 radical (unpaired) electrons. The van der Waals surface area contributed by atoms with Crippen molar-refractivity contribution in [2.75, 3.05) is 44.7 Å². The summed E-state index contributed by atoms with van der Waals surface area (Å²) < 4.78 is 5.41. The largest absolute Gasteiger partial charge is 0.385 e. The van der Waals surface area contributed by atoms with Crippen molar-refractivity contribution in [3.63, 3.8) is 0 Å². The molecule has 1 aliphatic heterocycles. The van der Waals surface area contributed by atoms with Gasteiger partial charge in [-0.25, -0.2) is 0 Å². The van der Waals surface area contributed by atoms with Crippen molar-refractivity contribution in [2.24, 2.45) is 5.92 Å². The zero-order chi connectivity index (χ0) is 16.5. The molecule has 5 heteroatoms. The lowest BCUT2D eigenvalue weighted by atomic mass is 10.0. The average Bonchev–Trinajstić information content (AvgIpc) is 2.57. The minimum atomic E-state index is 0.104. The molecule has 1 amide bonds. The summed E-state index contributed by atoms with van der Waals surface area (Å²) in [5.74, 6) is 0.614. The van der Waals surface area contributed by atoms with E-state index in [0.717, 1.165) is 32.0 Å². The number of nitrogens with one attached hydrogen (secondary N) is 2. The molecular weight excluding hydrogens is 290 g/mol. The standard InChI is InChI=1S/C18H29N3O2/c1-15(2)17(21-10-12-23-13-11-21)14-20-18(22)8-9-19-16-6-4-3-5-7-16/h3-7,15,17,19H,8-14H2,1-2H3,(H,20,22)/t17-/m1/s1. The van der Waals surface area contributed by atoms with Crippen molar-refractivity contribution < 1.29 is 9.53 Å². The number of benzene rings is 1. The summed E-state index contributed by atoms with van der Waals surface area (Å²) >= 11 is 0. The Kier molecular flexibility index (Phi) is 7.36. The van der Waals surface area contributed by atoms with Crippen molar-refractivity contribution in [1.82, 2.24) is 10.2 Å². The van der Waals surface area contributed by atoms with Gasteiger partial charge in [-0.15, -0.1) is 0 Å². The Morgan fingerprint density at radius 1 is 1.22 bits per heavy atom. The first-order valence-electron chi connectivity index (χ1n) is 8.54. The van der Waals surface area contributed by atoms with E-state index in [1.54, 1.807) is 0 Å². The maximum absolute atomic E-state index is 12.0. The summed E-state index contributed by atoms with van der Waals surface area (Å²) in [4.78, 5) is 14.5. The molecule has 1 heterocycles. The Hall–Kier alpha value is -1.59. The van der Waals surface area contributed by atoms with Crippen molar-refractivity contribution >= 4 is 11.6 Å². The fraction of sp³-hybridized carbons (Fsp3) is 0.611. The Morgan fingerprint density at radius 3 is 2.57 bits per heavy atom. The number of carbonyl (C=O) groups excluding carboxylic acids is 1. The van der Waals surface area contributed by atoms with E-state index in [4.69, 9.17) is 4.74 Å². The van der Waals surface area contributed by atoms with Gasteiger partial charge in [0.25, 0.3) is 0 Å². The zero-order valence-electron chi connectivity index (χ0n) is 14.3. The third-order valence-corrected chi connectivity index (χ3v) is 4.25. The summed E-state index contributed by atoms with van der Waals surface area (Å²) in [5.41, 5.74) is 1.05. The van der Waals surface area contributed by atoms with Crippen LogP contribution in [-0.2, 0) is 9.53 Å². The predicted molar refractivity (Wildman–Crippen MR) is 93.6 cm³/mol. The van der Waals surface area contributed by atoms with E-state index in [2.05, 4.69) is 29.4 Å². The Labute approximate surface area is 139 Å². The van der Waals surface area contributed by atoms with E-state index in [1.165, 1.54) is 0 Å². The third-order valence-electron chi connectivity index (χ3n) is 4.25. The Balaban J connectivity index is 1.69. The van der Waals surface area contributed by atoms with E-state index in [0.29, 0.717) is 31.5 Å². The number of ether oxygens (including phenoxy) is 1. The van der Waals surface area contributed by atoms with Gasteiger partial charge in [-0.1, -0.05) is 32.0 Å². The second kappa shape index (κ2) is 9.53. The molecule has 1 aliphatic rings. The highest BCUT2D eigenvalue weighted by Gasteiger charge is 2.23. The number of amides is 1. The summed E-state index contributed by atoms with van der Waals surface area (Å²) in [7, 11) is 0. The molecule has 1 saturated heterocycles. The fourth-order valence-electron chi connectivity index (χ4n) is 2.88. The number of nitrogens with zero attached hydrogens (tertiary/aromatic N) is 1. The average molecular weight is 319 g/mol. The van der Waals surface area contributed by atoms with Crippen LogP contribution in [0.4, 0.5) is 5.69 Å². The molecule has 0 aromatic heterocycles. The van der Waals surface area contributed by atoms with Crippen LogP contribution in [0.3, 0.4) is 0 Å². The van der Waals surface area contributed by atoms with Crippen LogP contribution < -0.4 is 10.6 Å². The van der Waals surface area contributed by atoms with Crippen molar-refractivity contribution in [2.45, 2.75) is 26.3 Å². The minimum absolute atomic E-state index is 0.104. The smallest absolute Gasteiger partial charge is 0.221 e. The van der Waals surface area contributed by atoms with Crippen LogP contribution >= 0.6 is 0 Å². The van der Waals surface area contributed by atoms with Gasteiger partial charge in [0.15, 0.2) is 0 Å². The van der Waals surface area contributed by atoms with Gasteiger partial charge in [0.05, 0.1) is 13.2 Å². The molecule has 2 rings (SSSR count). The number of rotatable bonds is 8. The third kappa shape index (κ3) is 6.20. The fourth-order valence-corrected chi connectivity index (χ4v) is 2.88. The molecule has 2 N–H and O–H groups in total. The van der Waals surface area contributed by atoms with E-state index in [9.17, 15) is 4.79 Å². The first kappa shape index (κ1) is 17.8. The van der Waals surface area contributed by atoms with Crippen LogP contribution in [0.25, 0.3) is 0 Å². The lowest BCUT2D eigenvalue weighted by Crippen LogP contribution is -2.51. The van der Waals surface area contributed by atoms with Gasteiger partial charge in [-0.3, -0.25) is 9.69 Å². The van der Waals surface area contributed by atoms with Crippen molar-refractivity contribution in [3.8, 4) is 0 Å². The van der Waals surface area contributed by atoms with Crippen LogP contribution in [0.2, 0.25) is 0 Å². The number of morpholine rings is 1. The minimum Gasteiger partial charge on any atom is -0.385 e. The normalized spacial score (nSPS) is 17.0. The molecule has 5 nitrogen and oxygen atoms in total. The molecule has 1 atom stereocenters. The van der Waals surface area contributed by atoms with Gasteiger partial charge in [0, 0.05) is 44.3 Å². The number of hydrogen-bond acceptors (Lipinski definition) is 4. The maximum Gasteiger partial charge on any atom is 0.221 e. The Morgan fingerprint density at radius 2 is 1.91 bits per heavy atom. The molecule has 1 aromatic rings. The van der Waals surface area contributed by atoms with E-state index in [-0.39, 0.29) is 5.91 Å². The summed E-state index contributed by atoms with van der Waals surface area (Å²) in [6, 6.07) is 10.3. The predicted octanol–water partition coefficient (Wildman–Crippen LogP) is 1.96. The highest BCUT2D eigenvalue weighted by molar-refractivity contribution is 5.76. The second-order valence-corrected chi connectivity index (χ2v) is 6.31. The molecule has 0 unspecified atom stereocenters. The van der Waals surface area contributed by atoms with Gasteiger partial charge in [-0.05, 0) is 18.1 Å². The van der Waals surface area contributed by atoms with Crippen LogP contribution in [0.15, 0.2) is 30.3 Å². The molecule has 0 spiro atoms. The lowest BCUT2D eigenvalue weighted by molar-refractivity contribution is -0.121. The van der Waals surface area contributed by atoms with Crippen LogP contribution in [0.1, 0.15) is 20.3 Å². The van der Waals surface area contributed by atoms with Crippen LogP contribution in [-0.4, -0.2) is 56.2 Å². The van der Waals surface area contributed by atoms with Gasteiger partial charge in [0.1, 0.15) is 0 Å². The highest BCUT2D eigenvalue weighted by atomic mass is 16.5. The zero-order valence-corrected chi connectivity index (χ0v) is 14.3. The molecule has 1 fully saturated rings. The second-order valence-electron chi connectivity index (χ2n) is 6.31. The topological polar surface area (TPSA) is 53.6 Å². The van der Waals surface area contributed by atoms with Gasteiger partial charge >= 0.3 is 0 Å². The highest BCUT2D eigenvalue weighted by Crippen LogP contribution is 2.12. The first-order chi connectivity index (χ1) is 11.2. The van der Waals surface area contributed by atoms with Crippen LogP contribution in [0.5, 0.6) is 0 Å². The van der Waals surface area contributed by atoms with E-state index >= 15 is 0 Å². The number of carbonyl (C=O) groups is 1. The van der Waals surface area contributed by atoms with E-state index in [1.807, 2.05) is 30.3 Å². The SMILES string of the molecule is CC(C)[C@@H](CNC(=O)CCNc1ccccc1)N1CCOCC1. The van der Waals surface area contributed by atoms with Crippen molar-refractivity contribution in [1.29, 1.82) is 0 Å². The quantitative estimate of drug-likeness (QED) is 0.769. The van der Waals surface area contributed by atoms with Gasteiger partial charge in [0.2, 0.25) is 5.91 Å². The molecule has 0 aliphatic carbocycles. The molecule has 1 aromatic carbocycles. The van der Waals surface area contributed by atoms with Gasteiger partial charge < -0.3 is 15.4 Å². The summed E-state index contributed by atoms with van der Waals surface area (Å²) in [6.45, 7) is 9.27. The summed E-state index contributed by atoms with van der Waals surface area (Å²) in [6.07, 6.45) is 0.489. The first-order valence-corrected chi connectivity index (χ1v) is 8.54. The molecule has 0 saturated carbocycles. The lowest BCUT2D eigenvalue weighted by Gasteiger charge is -2.36. The van der Waals surface area contributed by atoms with E-state index < -0.39 is 0 Å². The number of anilines is 1. The van der Waals surface area contributed by atoms with Crippen molar-refractivity contribution in [3.05, 3.63) is 30.3 Å². The number of hydrogen-bond donors (Lipinski definition) is 2. The summed E-state index contributed by atoms with van der Waals surface area (Å²) in [5, 5.41) is 6.35. The molecule has 0 bridgehead atoms. The maximum atomic E-state index is 12.0. The molecule has 128 valence electrons. The Bertz CT molecular complexity index is 459. The van der Waals surface area contributed by atoms with Gasteiger partial charge in [-0.2, -0.15) is 0 Å².